The monoisotopic (exact) mass is 278 g/mol. The minimum atomic E-state index is -3.60. The first-order valence-corrected chi connectivity index (χ1v) is 7.24. The molecule has 1 saturated heterocycles. The Morgan fingerprint density at radius 3 is 2.56 bits per heavy atom. The van der Waals surface area contributed by atoms with Crippen molar-refractivity contribution in [3.63, 3.8) is 0 Å². The molecule has 1 atom stereocenters. The Kier molecular flexibility index (Phi) is 4.33. The van der Waals surface area contributed by atoms with E-state index in [9.17, 15) is 18.0 Å². The number of aliphatic carboxylic acids is 1. The molecular formula is C10H18N2O5S. The molecule has 2 N–H and O–H groups in total. The van der Waals surface area contributed by atoms with Crippen LogP contribution < -0.4 is 5.32 Å². The van der Waals surface area contributed by atoms with Crippen molar-refractivity contribution in [2.75, 3.05) is 25.9 Å². The van der Waals surface area contributed by atoms with Crippen LogP contribution in [-0.4, -0.2) is 55.6 Å². The van der Waals surface area contributed by atoms with Gasteiger partial charge in [-0.15, -0.1) is 0 Å². The van der Waals surface area contributed by atoms with Crippen molar-refractivity contribution in [3.05, 3.63) is 0 Å². The molecule has 0 bridgehead atoms. The first kappa shape index (κ1) is 14.9. The van der Waals surface area contributed by atoms with Gasteiger partial charge in [-0.05, 0) is 13.3 Å². The second-order valence-corrected chi connectivity index (χ2v) is 6.77. The van der Waals surface area contributed by atoms with Gasteiger partial charge < -0.3 is 10.4 Å². The zero-order valence-electron chi connectivity index (χ0n) is 10.5. The van der Waals surface area contributed by atoms with Crippen LogP contribution in [0.4, 0.5) is 0 Å². The van der Waals surface area contributed by atoms with Crippen LogP contribution in [0, 0.1) is 5.41 Å². The summed E-state index contributed by atoms with van der Waals surface area (Å²) in [7, 11) is -2.09. The number of rotatable bonds is 5. The van der Waals surface area contributed by atoms with Crippen LogP contribution >= 0.6 is 0 Å². The lowest BCUT2D eigenvalue weighted by Crippen LogP contribution is -2.40. The summed E-state index contributed by atoms with van der Waals surface area (Å²) >= 11 is 0. The maximum absolute atomic E-state index is 11.9. The third-order valence-corrected chi connectivity index (χ3v) is 5.00. The van der Waals surface area contributed by atoms with Crippen molar-refractivity contribution in [2.24, 2.45) is 5.41 Å². The highest BCUT2D eigenvalue weighted by Gasteiger charge is 2.43. The van der Waals surface area contributed by atoms with Gasteiger partial charge in [-0.25, -0.2) is 12.7 Å². The number of carbonyl (C=O) groups is 2. The topological polar surface area (TPSA) is 104 Å². The van der Waals surface area contributed by atoms with Crippen molar-refractivity contribution in [1.29, 1.82) is 0 Å². The first-order valence-electron chi connectivity index (χ1n) is 5.63. The Morgan fingerprint density at radius 2 is 2.06 bits per heavy atom. The molecule has 1 fully saturated rings. The second kappa shape index (κ2) is 5.23. The molecule has 0 aromatic heterocycles. The fourth-order valence-electron chi connectivity index (χ4n) is 1.99. The number of sulfonamides is 1. The highest BCUT2D eigenvalue weighted by Crippen LogP contribution is 2.31. The lowest BCUT2D eigenvalue weighted by molar-refractivity contribution is -0.136. The van der Waals surface area contributed by atoms with E-state index in [1.165, 1.54) is 11.4 Å². The summed E-state index contributed by atoms with van der Waals surface area (Å²) in [5, 5.41) is 11.0. The molecule has 104 valence electrons. The lowest BCUT2D eigenvalue weighted by atomic mass is 9.89. The summed E-state index contributed by atoms with van der Waals surface area (Å²) in [4.78, 5) is 22.0. The van der Waals surface area contributed by atoms with E-state index in [0.29, 0.717) is 6.42 Å². The maximum atomic E-state index is 11.9. The van der Waals surface area contributed by atoms with Gasteiger partial charge in [0.1, 0.15) is 0 Å². The van der Waals surface area contributed by atoms with Gasteiger partial charge >= 0.3 is 5.97 Å². The summed E-state index contributed by atoms with van der Waals surface area (Å²) in [6.45, 7) is 2.07. The molecule has 0 aromatic rings. The number of nitrogens with one attached hydrogen (secondary N) is 1. The van der Waals surface area contributed by atoms with Crippen LogP contribution in [0.1, 0.15) is 19.8 Å². The predicted molar refractivity (Wildman–Crippen MR) is 64.4 cm³/mol. The zero-order chi connectivity index (χ0) is 14.0. The Bertz CT molecular complexity index is 447. The van der Waals surface area contributed by atoms with E-state index < -0.39 is 33.6 Å². The van der Waals surface area contributed by atoms with E-state index in [0.717, 1.165) is 0 Å². The van der Waals surface area contributed by atoms with Gasteiger partial charge in [-0.3, -0.25) is 9.59 Å². The third-order valence-electron chi connectivity index (χ3n) is 3.18. The Morgan fingerprint density at radius 1 is 1.44 bits per heavy atom. The highest BCUT2D eigenvalue weighted by molar-refractivity contribution is 7.89. The summed E-state index contributed by atoms with van der Waals surface area (Å²) in [6, 6.07) is 0. The molecule has 0 spiro atoms. The number of carbonyl (C=O) groups excluding carboxylic acids is 1. The second-order valence-electron chi connectivity index (χ2n) is 4.68. The molecule has 1 amide bonds. The molecule has 0 saturated carbocycles. The van der Waals surface area contributed by atoms with E-state index in [4.69, 9.17) is 5.11 Å². The summed E-state index contributed by atoms with van der Waals surface area (Å²) in [5.74, 6) is -1.77. The van der Waals surface area contributed by atoms with Crippen molar-refractivity contribution in [2.45, 2.75) is 19.8 Å². The molecule has 18 heavy (non-hydrogen) atoms. The highest BCUT2D eigenvalue weighted by atomic mass is 32.2. The number of carboxylic acids is 1. The number of amides is 1. The van der Waals surface area contributed by atoms with Crippen molar-refractivity contribution < 1.29 is 23.1 Å². The molecule has 8 heteroatoms. The maximum Gasteiger partial charge on any atom is 0.304 e. The van der Waals surface area contributed by atoms with Crippen LogP contribution in [0.5, 0.6) is 0 Å². The van der Waals surface area contributed by atoms with Crippen LogP contribution in [-0.2, 0) is 19.6 Å². The molecule has 1 aliphatic rings. The molecule has 1 unspecified atom stereocenters. The van der Waals surface area contributed by atoms with Gasteiger partial charge in [-0.1, -0.05) is 0 Å². The van der Waals surface area contributed by atoms with E-state index in [-0.39, 0.29) is 19.0 Å². The normalized spacial score (nSPS) is 25.0. The SMILES string of the molecule is CNC(=O)C1(C)CCN(S(=O)(=O)CCC(=O)O)C1. The van der Waals surface area contributed by atoms with Gasteiger partial charge in [0.2, 0.25) is 15.9 Å². The van der Waals surface area contributed by atoms with Crippen LogP contribution in [0.2, 0.25) is 0 Å². The quantitative estimate of drug-likeness (QED) is 0.688. The molecule has 7 nitrogen and oxygen atoms in total. The summed E-state index contributed by atoms with van der Waals surface area (Å²) in [6.07, 6.45) is 0.0223. The number of carboxylic acid groups (broad SMARTS) is 1. The van der Waals surface area contributed by atoms with Gasteiger partial charge in [0, 0.05) is 20.1 Å². The summed E-state index contributed by atoms with van der Waals surface area (Å²) < 4.78 is 24.9. The molecule has 0 radical (unpaired) electrons. The Balaban J connectivity index is 2.71. The van der Waals surface area contributed by atoms with E-state index in [1.54, 1.807) is 6.92 Å². The predicted octanol–water partition coefficient (Wildman–Crippen LogP) is -0.751. The van der Waals surface area contributed by atoms with Crippen molar-refractivity contribution >= 4 is 21.9 Å². The molecule has 1 rings (SSSR count). The lowest BCUT2D eigenvalue weighted by Gasteiger charge is -2.22. The third kappa shape index (κ3) is 3.20. The van der Waals surface area contributed by atoms with Crippen molar-refractivity contribution in [3.8, 4) is 0 Å². The smallest absolute Gasteiger partial charge is 0.304 e. The number of hydrogen-bond acceptors (Lipinski definition) is 4. The van der Waals surface area contributed by atoms with Gasteiger partial charge in [0.15, 0.2) is 0 Å². The molecule has 1 heterocycles. The van der Waals surface area contributed by atoms with E-state index in [1.807, 2.05) is 0 Å². The number of nitrogens with zero attached hydrogens (tertiary/aromatic N) is 1. The standard InChI is InChI=1S/C10H18N2O5S/c1-10(9(15)11-2)4-5-12(7-10)18(16,17)6-3-8(13)14/h3-7H2,1-2H3,(H,11,15)(H,13,14). The molecule has 1 aliphatic heterocycles. The van der Waals surface area contributed by atoms with Gasteiger partial charge in [0.25, 0.3) is 0 Å². The van der Waals surface area contributed by atoms with Crippen LogP contribution in [0.3, 0.4) is 0 Å². The average molecular weight is 278 g/mol. The average Bonchev–Trinajstić information content (AvgIpc) is 2.70. The molecular weight excluding hydrogens is 260 g/mol. The largest absolute Gasteiger partial charge is 0.481 e. The van der Waals surface area contributed by atoms with Crippen molar-refractivity contribution in [1.82, 2.24) is 9.62 Å². The van der Waals surface area contributed by atoms with Gasteiger partial charge in [-0.2, -0.15) is 0 Å². The first-order chi connectivity index (χ1) is 8.21. The Labute approximate surface area is 106 Å². The Hall–Kier alpha value is -1.15. The fourth-order valence-corrected chi connectivity index (χ4v) is 3.53. The fraction of sp³-hybridized carbons (Fsp3) is 0.800. The minimum Gasteiger partial charge on any atom is -0.481 e. The molecule has 0 aliphatic carbocycles. The van der Waals surface area contributed by atoms with E-state index in [2.05, 4.69) is 5.32 Å². The molecule has 0 aromatic carbocycles. The van der Waals surface area contributed by atoms with Crippen LogP contribution in [0.15, 0.2) is 0 Å². The summed E-state index contributed by atoms with van der Waals surface area (Å²) in [5.41, 5.74) is -0.731. The van der Waals surface area contributed by atoms with E-state index >= 15 is 0 Å². The minimum absolute atomic E-state index is 0.106. The van der Waals surface area contributed by atoms with Crippen LogP contribution in [0.25, 0.3) is 0 Å². The zero-order valence-corrected chi connectivity index (χ0v) is 11.3. The number of hydrogen-bond donors (Lipinski definition) is 2. The van der Waals surface area contributed by atoms with Gasteiger partial charge in [0.05, 0.1) is 17.6 Å².